The van der Waals surface area contributed by atoms with E-state index in [1.54, 1.807) is 18.0 Å². The summed E-state index contributed by atoms with van der Waals surface area (Å²) in [5.41, 5.74) is 4.19. The molecule has 30 heavy (non-hydrogen) atoms. The molecule has 3 heterocycles. The summed E-state index contributed by atoms with van der Waals surface area (Å²) in [6.45, 7) is 1.67. The van der Waals surface area contributed by atoms with Crippen molar-refractivity contribution >= 4 is 11.8 Å². The van der Waals surface area contributed by atoms with E-state index < -0.39 is 0 Å². The van der Waals surface area contributed by atoms with Gasteiger partial charge in [0.15, 0.2) is 5.16 Å². The Morgan fingerprint density at radius 1 is 1.00 bits per heavy atom. The van der Waals surface area contributed by atoms with Crippen molar-refractivity contribution in [3.8, 4) is 22.7 Å². The number of hydrogen-bond acceptors (Lipinski definition) is 5. The lowest BCUT2D eigenvalue weighted by Crippen LogP contribution is -2.16. The Morgan fingerprint density at radius 2 is 1.77 bits per heavy atom. The standard InChI is InChI=1S/C24H23N3O2S/c1-3-8-18(9-4-1)22-14-25-24(27(22)15-21-12-7-13-28-21)30-17-20-16-29-23(26-20)19-10-5-2-6-11-19/h1-6,8-11,14,16,21H,7,12-13,15,17H2. The second-order valence-electron chi connectivity index (χ2n) is 7.34. The molecule has 2 aromatic heterocycles. The van der Waals surface area contributed by atoms with Crippen molar-refractivity contribution in [1.29, 1.82) is 0 Å². The van der Waals surface area contributed by atoms with E-state index in [2.05, 4.69) is 33.8 Å². The molecule has 0 radical (unpaired) electrons. The normalized spacial score (nSPS) is 16.2. The number of benzene rings is 2. The van der Waals surface area contributed by atoms with Gasteiger partial charge in [0.05, 0.1) is 30.2 Å². The van der Waals surface area contributed by atoms with Gasteiger partial charge in [-0.15, -0.1) is 0 Å². The SMILES string of the molecule is c1ccc(-c2nc(CSc3ncc(-c4ccccc4)n3CC3CCCO3)co2)cc1. The minimum absolute atomic E-state index is 0.248. The Balaban J connectivity index is 1.36. The Hall–Kier alpha value is -2.83. The third-order valence-corrected chi connectivity index (χ3v) is 6.24. The van der Waals surface area contributed by atoms with E-state index in [4.69, 9.17) is 14.1 Å². The topological polar surface area (TPSA) is 53.1 Å². The Bertz CT molecular complexity index is 1090. The molecule has 5 nitrogen and oxygen atoms in total. The van der Waals surface area contributed by atoms with Gasteiger partial charge >= 0.3 is 0 Å². The van der Waals surface area contributed by atoms with E-state index in [-0.39, 0.29) is 6.10 Å². The highest BCUT2D eigenvalue weighted by atomic mass is 32.2. The number of thioether (sulfide) groups is 1. The van der Waals surface area contributed by atoms with Crippen LogP contribution in [0.25, 0.3) is 22.7 Å². The summed E-state index contributed by atoms with van der Waals surface area (Å²) in [6.07, 6.45) is 6.17. The predicted octanol–water partition coefficient (Wildman–Crippen LogP) is 5.68. The van der Waals surface area contributed by atoms with Crippen LogP contribution in [0, 0.1) is 0 Å². The molecule has 5 rings (SSSR count). The molecule has 0 bridgehead atoms. The van der Waals surface area contributed by atoms with Gasteiger partial charge in [-0.3, -0.25) is 0 Å². The first-order valence-electron chi connectivity index (χ1n) is 10.2. The zero-order valence-electron chi connectivity index (χ0n) is 16.6. The molecule has 1 unspecified atom stereocenters. The van der Waals surface area contributed by atoms with Crippen LogP contribution < -0.4 is 0 Å². The van der Waals surface area contributed by atoms with E-state index in [1.807, 2.05) is 42.6 Å². The fourth-order valence-corrected chi connectivity index (χ4v) is 4.57. The van der Waals surface area contributed by atoms with Crippen molar-refractivity contribution in [3.63, 3.8) is 0 Å². The zero-order valence-corrected chi connectivity index (χ0v) is 17.4. The monoisotopic (exact) mass is 417 g/mol. The maximum Gasteiger partial charge on any atom is 0.226 e. The average molecular weight is 418 g/mol. The van der Waals surface area contributed by atoms with Crippen LogP contribution in [0.4, 0.5) is 0 Å². The van der Waals surface area contributed by atoms with Gasteiger partial charge in [0.1, 0.15) is 6.26 Å². The highest BCUT2D eigenvalue weighted by Crippen LogP contribution is 2.30. The molecule has 0 spiro atoms. The van der Waals surface area contributed by atoms with Crippen LogP contribution >= 0.6 is 11.8 Å². The second-order valence-corrected chi connectivity index (χ2v) is 8.28. The van der Waals surface area contributed by atoms with Gasteiger partial charge in [-0.25, -0.2) is 9.97 Å². The van der Waals surface area contributed by atoms with Gasteiger partial charge in [0, 0.05) is 17.9 Å². The van der Waals surface area contributed by atoms with Crippen LogP contribution in [-0.4, -0.2) is 27.2 Å². The molecule has 152 valence electrons. The fraction of sp³-hybridized carbons (Fsp3) is 0.250. The lowest BCUT2D eigenvalue weighted by Gasteiger charge is -2.16. The number of oxazole rings is 1. The lowest BCUT2D eigenvalue weighted by atomic mass is 10.1. The van der Waals surface area contributed by atoms with Crippen molar-refractivity contribution in [3.05, 3.63) is 78.8 Å². The van der Waals surface area contributed by atoms with Gasteiger partial charge < -0.3 is 13.7 Å². The molecule has 1 aliphatic rings. The van der Waals surface area contributed by atoms with E-state index in [0.717, 1.165) is 48.1 Å². The Morgan fingerprint density at radius 3 is 2.50 bits per heavy atom. The van der Waals surface area contributed by atoms with Gasteiger partial charge in [-0.05, 0) is 30.5 Å². The molecule has 0 N–H and O–H groups in total. The summed E-state index contributed by atoms with van der Waals surface area (Å²) in [4.78, 5) is 9.37. The molecule has 6 heteroatoms. The molecular formula is C24H23N3O2S. The minimum atomic E-state index is 0.248. The Kier molecular flexibility index (Phi) is 5.68. The summed E-state index contributed by atoms with van der Waals surface area (Å²) in [7, 11) is 0. The summed E-state index contributed by atoms with van der Waals surface area (Å²) < 4.78 is 13.9. The predicted molar refractivity (Wildman–Crippen MR) is 118 cm³/mol. The summed E-state index contributed by atoms with van der Waals surface area (Å²) in [5.74, 6) is 1.35. The maximum absolute atomic E-state index is 5.90. The van der Waals surface area contributed by atoms with E-state index in [1.165, 1.54) is 5.56 Å². The van der Waals surface area contributed by atoms with Crippen LogP contribution in [-0.2, 0) is 17.0 Å². The third kappa shape index (κ3) is 4.20. The number of ether oxygens (including phenoxy) is 1. The second kappa shape index (κ2) is 8.90. The molecule has 0 amide bonds. The first-order chi connectivity index (χ1) is 14.9. The van der Waals surface area contributed by atoms with E-state index in [9.17, 15) is 0 Å². The van der Waals surface area contributed by atoms with Gasteiger partial charge in [0.2, 0.25) is 5.89 Å². The zero-order chi connectivity index (χ0) is 20.2. The van der Waals surface area contributed by atoms with Crippen molar-refractivity contribution in [2.75, 3.05) is 6.61 Å². The number of hydrogen-bond donors (Lipinski definition) is 0. The highest BCUT2D eigenvalue weighted by Gasteiger charge is 2.21. The number of rotatable bonds is 7. The molecule has 4 aromatic rings. The van der Waals surface area contributed by atoms with Crippen LogP contribution in [0.15, 0.2) is 82.7 Å². The number of nitrogens with zero attached hydrogens (tertiary/aromatic N) is 3. The minimum Gasteiger partial charge on any atom is -0.444 e. The smallest absolute Gasteiger partial charge is 0.226 e. The maximum atomic E-state index is 5.90. The average Bonchev–Trinajstić information content (AvgIpc) is 3.56. The van der Waals surface area contributed by atoms with Crippen LogP contribution in [0.2, 0.25) is 0 Å². The third-order valence-electron chi connectivity index (χ3n) is 5.22. The number of aromatic nitrogens is 3. The molecule has 0 aliphatic carbocycles. The molecule has 2 aromatic carbocycles. The van der Waals surface area contributed by atoms with Gasteiger partial charge in [0.25, 0.3) is 0 Å². The first kappa shape index (κ1) is 19.2. The molecule has 1 atom stereocenters. The first-order valence-corrected chi connectivity index (χ1v) is 11.2. The highest BCUT2D eigenvalue weighted by molar-refractivity contribution is 7.98. The van der Waals surface area contributed by atoms with Crippen LogP contribution in [0.5, 0.6) is 0 Å². The van der Waals surface area contributed by atoms with E-state index >= 15 is 0 Å². The van der Waals surface area contributed by atoms with Gasteiger partial charge in [-0.2, -0.15) is 0 Å². The summed E-state index contributed by atoms with van der Waals surface area (Å²) >= 11 is 1.68. The summed E-state index contributed by atoms with van der Waals surface area (Å²) in [5, 5.41) is 0.980. The quantitative estimate of drug-likeness (QED) is 0.362. The van der Waals surface area contributed by atoms with Crippen molar-refractivity contribution < 1.29 is 9.15 Å². The number of imidazole rings is 1. The fourth-order valence-electron chi connectivity index (χ4n) is 3.71. The van der Waals surface area contributed by atoms with Crippen LogP contribution in [0.1, 0.15) is 18.5 Å². The summed E-state index contributed by atoms with van der Waals surface area (Å²) in [6, 6.07) is 20.4. The largest absolute Gasteiger partial charge is 0.444 e. The molecule has 1 fully saturated rings. The molecule has 1 saturated heterocycles. The van der Waals surface area contributed by atoms with E-state index in [0.29, 0.717) is 11.6 Å². The molecule has 0 saturated carbocycles. The van der Waals surface area contributed by atoms with Gasteiger partial charge in [-0.1, -0.05) is 60.3 Å². The lowest BCUT2D eigenvalue weighted by molar-refractivity contribution is 0.0954. The van der Waals surface area contributed by atoms with Crippen molar-refractivity contribution in [2.24, 2.45) is 0 Å². The van der Waals surface area contributed by atoms with Crippen molar-refractivity contribution in [1.82, 2.24) is 14.5 Å². The van der Waals surface area contributed by atoms with Crippen LogP contribution in [0.3, 0.4) is 0 Å². The Labute approximate surface area is 180 Å². The molecule has 1 aliphatic heterocycles. The molecular weight excluding hydrogens is 394 g/mol. The van der Waals surface area contributed by atoms with Crippen molar-refractivity contribution in [2.45, 2.75) is 36.4 Å².